The Bertz CT molecular complexity index is 382. The van der Waals surface area contributed by atoms with Crippen molar-refractivity contribution in [2.45, 2.75) is 24.0 Å². The number of hydrogen-bond acceptors (Lipinski definition) is 4. The zero-order valence-corrected chi connectivity index (χ0v) is 9.80. The van der Waals surface area contributed by atoms with E-state index in [1.54, 1.807) is 23.4 Å². The molecule has 2 N–H and O–H groups in total. The lowest BCUT2D eigenvalue weighted by Gasteiger charge is -2.13. The van der Waals surface area contributed by atoms with Crippen molar-refractivity contribution >= 4 is 11.8 Å². The monoisotopic (exact) mass is 228 g/mol. The van der Waals surface area contributed by atoms with E-state index in [1.165, 1.54) is 12.8 Å². The molecule has 1 unspecified atom stereocenters. The molecule has 2 rings (SSSR count). The van der Waals surface area contributed by atoms with Gasteiger partial charge in [0.15, 0.2) is 5.16 Å². The van der Waals surface area contributed by atoms with Gasteiger partial charge >= 0.3 is 5.69 Å². The molecule has 0 bridgehead atoms. The minimum atomic E-state index is -0.148. The maximum Gasteiger partial charge on any atom is 0.343 e. The maximum absolute atomic E-state index is 11.1. The van der Waals surface area contributed by atoms with Crippen LogP contribution in [0, 0.1) is 5.92 Å². The molecule has 15 heavy (non-hydrogen) atoms. The topological polar surface area (TPSA) is 62.7 Å². The van der Waals surface area contributed by atoms with Crippen LogP contribution < -0.4 is 11.0 Å². The Morgan fingerprint density at radius 3 is 2.93 bits per heavy atom. The number of aromatic nitrogens is 3. The van der Waals surface area contributed by atoms with Crippen LogP contribution in [0.4, 0.5) is 0 Å². The van der Waals surface area contributed by atoms with Crippen LogP contribution in [0.2, 0.25) is 0 Å². The Morgan fingerprint density at radius 1 is 1.73 bits per heavy atom. The first-order valence-corrected chi connectivity index (χ1v) is 6.12. The second-order valence-corrected chi connectivity index (χ2v) is 4.90. The molecule has 1 aromatic heterocycles. The van der Waals surface area contributed by atoms with E-state index >= 15 is 0 Å². The van der Waals surface area contributed by atoms with Crippen molar-refractivity contribution in [2.75, 3.05) is 12.8 Å². The van der Waals surface area contributed by atoms with E-state index in [0.29, 0.717) is 6.04 Å². The summed E-state index contributed by atoms with van der Waals surface area (Å²) in [5.41, 5.74) is -0.148. The molecular weight excluding hydrogens is 212 g/mol. The summed E-state index contributed by atoms with van der Waals surface area (Å²) in [6, 6.07) is 0.543. The summed E-state index contributed by atoms with van der Waals surface area (Å²) in [5.74, 6) is 1.79. The van der Waals surface area contributed by atoms with Crippen LogP contribution in [-0.2, 0) is 7.05 Å². The highest BCUT2D eigenvalue weighted by Crippen LogP contribution is 2.34. The molecule has 6 heteroatoms. The smallest absolute Gasteiger partial charge is 0.316 e. The van der Waals surface area contributed by atoms with Gasteiger partial charge < -0.3 is 5.32 Å². The molecule has 0 aromatic carbocycles. The number of hydrogen-bond donors (Lipinski definition) is 2. The molecular formula is C9H16N4OS. The van der Waals surface area contributed by atoms with Crippen molar-refractivity contribution < 1.29 is 0 Å². The third kappa shape index (κ3) is 2.43. The van der Waals surface area contributed by atoms with Gasteiger partial charge in [0.05, 0.1) is 0 Å². The van der Waals surface area contributed by atoms with Crippen molar-refractivity contribution in [1.29, 1.82) is 0 Å². The third-order valence-corrected chi connectivity index (χ3v) is 3.94. The fraction of sp³-hybridized carbons (Fsp3) is 0.778. The molecule has 1 atom stereocenters. The normalized spacial score (nSPS) is 18.0. The Labute approximate surface area is 92.6 Å². The van der Waals surface area contributed by atoms with Gasteiger partial charge in [-0.15, -0.1) is 5.10 Å². The predicted octanol–water partition coefficient (Wildman–Crippen LogP) is 0.198. The van der Waals surface area contributed by atoms with Crippen LogP contribution in [0.15, 0.2) is 9.95 Å². The van der Waals surface area contributed by atoms with Crippen LogP contribution in [0.25, 0.3) is 0 Å². The average molecular weight is 228 g/mol. The minimum absolute atomic E-state index is 0.148. The molecule has 0 saturated heterocycles. The zero-order chi connectivity index (χ0) is 10.8. The van der Waals surface area contributed by atoms with Gasteiger partial charge in [-0.25, -0.2) is 9.89 Å². The molecule has 84 valence electrons. The van der Waals surface area contributed by atoms with E-state index < -0.39 is 0 Å². The first-order valence-electron chi connectivity index (χ1n) is 5.14. The van der Waals surface area contributed by atoms with E-state index in [-0.39, 0.29) is 5.69 Å². The lowest BCUT2D eigenvalue weighted by atomic mass is 10.2. The highest BCUT2D eigenvalue weighted by Gasteiger charge is 2.30. The van der Waals surface area contributed by atoms with Gasteiger partial charge in [-0.3, -0.25) is 4.57 Å². The highest BCUT2D eigenvalue weighted by molar-refractivity contribution is 7.99. The van der Waals surface area contributed by atoms with Gasteiger partial charge in [0.2, 0.25) is 0 Å². The Morgan fingerprint density at radius 2 is 2.47 bits per heavy atom. The first-order chi connectivity index (χ1) is 7.22. The van der Waals surface area contributed by atoms with Gasteiger partial charge in [-0.1, -0.05) is 11.8 Å². The predicted molar refractivity (Wildman–Crippen MR) is 60.1 cm³/mol. The molecule has 0 amide bonds. The Balaban J connectivity index is 1.91. The standard InChI is InChI=1S/C9H16N4OS/c1-10-7(6-3-4-6)5-15-9-12-11-8(14)13(9)2/h6-7,10H,3-5H2,1-2H3,(H,11,14). The van der Waals surface area contributed by atoms with Gasteiger partial charge in [0, 0.05) is 18.8 Å². The molecule has 1 aromatic rings. The number of aromatic amines is 1. The Kier molecular flexibility index (Phi) is 3.16. The van der Waals surface area contributed by atoms with Gasteiger partial charge in [0.25, 0.3) is 0 Å². The molecule has 0 spiro atoms. The van der Waals surface area contributed by atoms with Crippen molar-refractivity contribution in [1.82, 2.24) is 20.1 Å². The number of nitrogens with one attached hydrogen (secondary N) is 2. The molecule has 1 aliphatic rings. The van der Waals surface area contributed by atoms with E-state index in [1.807, 2.05) is 7.05 Å². The zero-order valence-electron chi connectivity index (χ0n) is 8.99. The molecule has 1 fully saturated rings. The minimum Gasteiger partial charge on any atom is -0.316 e. The fourth-order valence-corrected chi connectivity index (χ4v) is 2.73. The quantitative estimate of drug-likeness (QED) is 0.707. The van der Waals surface area contributed by atoms with Crippen LogP contribution >= 0.6 is 11.8 Å². The summed E-state index contributed by atoms with van der Waals surface area (Å²) >= 11 is 1.63. The van der Waals surface area contributed by atoms with Crippen molar-refractivity contribution in [3.63, 3.8) is 0 Å². The SMILES string of the molecule is CNC(CSc1n[nH]c(=O)n1C)C1CC1. The van der Waals surface area contributed by atoms with Gasteiger partial charge in [0.1, 0.15) is 0 Å². The maximum atomic E-state index is 11.1. The summed E-state index contributed by atoms with van der Waals surface area (Å²) in [6.07, 6.45) is 2.65. The summed E-state index contributed by atoms with van der Waals surface area (Å²) in [7, 11) is 3.73. The summed E-state index contributed by atoms with van der Waals surface area (Å²) < 4.78 is 1.55. The van der Waals surface area contributed by atoms with E-state index in [0.717, 1.165) is 16.8 Å². The molecule has 1 heterocycles. The number of nitrogens with zero attached hydrogens (tertiary/aromatic N) is 2. The number of thioether (sulfide) groups is 1. The Hall–Kier alpha value is -0.750. The molecule has 1 saturated carbocycles. The van der Waals surface area contributed by atoms with Gasteiger partial charge in [-0.05, 0) is 25.8 Å². The lowest BCUT2D eigenvalue weighted by Crippen LogP contribution is -2.30. The third-order valence-electron chi connectivity index (χ3n) is 2.79. The van der Waals surface area contributed by atoms with E-state index in [4.69, 9.17) is 0 Å². The number of H-pyrrole nitrogens is 1. The largest absolute Gasteiger partial charge is 0.343 e. The van der Waals surface area contributed by atoms with Crippen LogP contribution in [0.1, 0.15) is 12.8 Å². The van der Waals surface area contributed by atoms with Crippen LogP contribution in [0.5, 0.6) is 0 Å². The van der Waals surface area contributed by atoms with Gasteiger partial charge in [-0.2, -0.15) is 0 Å². The molecule has 0 radical (unpaired) electrons. The van der Waals surface area contributed by atoms with Crippen LogP contribution in [0.3, 0.4) is 0 Å². The number of rotatable bonds is 5. The molecule has 5 nitrogen and oxygen atoms in total. The summed E-state index contributed by atoms with van der Waals surface area (Å²) in [5, 5.41) is 10.5. The highest BCUT2D eigenvalue weighted by atomic mass is 32.2. The van der Waals surface area contributed by atoms with E-state index in [9.17, 15) is 4.79 Å². The van der Waals surface area contributed by atoms with Crippen molar-refractivity contribution in [3.8, 4) is 0 Å². The summed E-state index contributed by atoms with van der Waals surface area (Å²) in [6.45, 7) is 0. The van der Waals surface area contributed by atoms with Crippen molar-refractivity contribution in [3.05, 3.63) is 10.5 Å². The molecule has 0 aliphatic heterocycles. The van der Waals surface area contributed by atoms with E-state index in [2.05, 4.69) is 15.5 Å². The average Bonchev–Trinajstić information content (AvgIpc) is 3.01. The van der Waals surface area contributed by atoms with Crippen LogP contribution in [-0.4, -0.2) is 33.6 Å². The fourth-order valence-electron chi connectivity index (χ4n) is 1.58. The second-order valence-electron chi connectivity index (χ2n) is 3.91. The molecule has 1 aliphatic carbocycles. The first kappa shape index (κ1) is 10.8. The summed E-state index contributed by atoms with van der Waals surface area (Å²) in [4.78, 5) is 11.1. The second kappa shape index (κ2) is 4.40. The van der Waals surface area contributed by atoms with Crippen molar-refractivity contribution in [2.24, 2.45) is 13.0 Å². The lowest BCUT2D eigenvalue weighted by molar-refractivity contribution is 0.553.